The number of aliphatic hydroxyl groups is 1. The van der Waals surface area contributed by atoms with Crippen LogP contribution in [0.1, 0.15) is 25.7 Å². The minimum absolute atomic E-state index is 0.249. The Hall–Kier alpha value is -2.16. The van der Waals surface area contributed by atoms with E-state index in [0.29, 0.717) is 0 Å². The molecule has 1 aliphatic carbocycles. The van der Waals surface area contributed by atoms with Crippen molar-refractivity contribution in [1.29, 1.82) is 0 Å². The average Bonchev–Trinajstić information content (AvgIpc) is 2.28. The zero-order valence-corrected chi connectivity index (χ0v) is 10.9. The number of hydrogen-bond acceptors (Lipinski definition) is 5. The monoisotopic (exact) mass is 304 g/mol. The second-order valence-electron chi connectivity index (χ2n) is 5.27. The minimum atomic E-state index is -1.58. The Bertz CT molecular complexity index is 427. The Kier molecular flexibility index (Phi) is 4.89. The summed E-state index contributed by atoms with van der Waals surface area (Å²) in [7, 11) is 0. The molecule has 0 spiro atoms. The predicted molar refractivity (Wildman–Crippen MR) is 64.4 cm³/mol. The van der Waals surface area contributed by atoms with Crippen LogP contribution < -0.4 is 0 Å². The summed E-state index contributed by atoms with van der Waals surface area (Å²) >= 11 is 0. The van der Waals surface area contributed by atoms with Crippen molar-refractivity contribution in [2.45, 2.75) is 31.8 Å². The fourth-order valence-electron chi connectivity index (χ4n) is 3.05. The van der Waals surface area contributed by atoms with E-state index in [-0.39, 0.29) is 12.8 Å². The number of aliphatic hydroxyl groups excluding tert-OH is 1. The summed E-state index contributed by atoms with van der Waals surface area (Å²) in [5.41, 5.74) is -1.58. The van der Waals surface area contributed by atoms with E-state index in [1.165, 1.54) is 0 Å². The number of carbonyl (C=O) groups is 4. The first-order valence-corrected chi connectivity index (χ1v) is 6.17. The van der Waals surface area contributed by atoms with Gasteiger partial charge in [0.05, 0.1) is 30.8 Å². The first kappa shape index (κ1) is 16.9. The lowest BCUT2D eigenvalue weighted by Crippen LogP contribution is -2.56. The summed E-state index contributed by atoms with van der Waals surface area (Å²) in [6.07, 6.45) is -3.11. The molecule has 5 N–H and O–H groups in total. The molecule has 1 saturated carbocycles. The molecule has 9 heteroatoms. The summed E-state index contributed by atoms with van der Waals surface area (Å²) < 4.78 is 0. The van der Waals surface area contributed by atoms with Gasteiger partial charge in [-0.1, -0.05) is 0 Å². The van der Waals surface area contributed by atoms with Crippen LogP contribution in [0.2, 0.25) is 0 Å². The zero-order valence-electron chi connectivity index (χ0n) is 10.9. The van der Waals surface area contributed by atoms with Crippen molar-refractivity contribution in [2.24, 2.45) is 17.3 Å². The molecule has 0 aromatic rings. The van der Waals surface area contributed by atoms with E-state index in [9.17, 15) is 34.5 Å². The van der Waals surface area contributed by atoms with Gasteiger partial charge in [0.15, 0.2) is 0 Å². The lowest BCUT2D eigenvalue weighted by atomic mass is 9.52. The van der Waals surface area contributed by atoms with Crippen LogP contribution in [0.25, 0.3) is 0 Å². The summed E-state index contributed by atoms with van der Waals surface area (Å²) in [6.45, 7) is 0. The summed E-state index contributed by atoms with van der Waals surface area (Å²) in [4.78, 5) is 44.2. The van der Waals surface area contributed by atoms with Gasteiger partial charge in [0, 0.05) is 5.41 Å². The molecule has 0 aliphatic heterocycles. The van der Waals surface area contributed by atoms with Gasteiger partial charge in [-0.15, -0.1) is 0 Å². The fraction of sp³-hybridized carbons (Fsp3) is 0.667. The maximum Gasteiger partial charge on any atom is 0.307 e. The van der Waals surface area contributed by atoms with Crippen molar-refractivity contribution >= 4 is 23.9 Å². The smallest absolute Gasteiger partial charge is 0.307 e. The molecule has 1 fully saturated rings. The lowest BCUT2D eigenvalue weighted by Gasteiger charge is -2.51. The summed E-state index contributed by atoms with van der Waals surface area (Å²) in [6, 6.07) is 0. The third-order valence-corrected chi connectivity index (χ3v) is 3.97. The van der Waals surface area contributed by atoms with Gasteiger partial charge >= 0.3 is 23.9 Å². The second-order valence-corrected chi connectivity index (χ2v) is 5.27. The summed E-state index contributed by atoms with van der Waals surface area (Å²) in [5, 5.41) is 45.4. The van der Waals surface area contributed by atoms with Crippen LogP contribution in [0, 0.1) is 17.3 Å². The van der Waals surface area contributed by atoms with Crippen LogP contribution in [-0.2, 0) is 19.2 Å². The maximum atomic E-state index is 11.3. The van der Waals surface area contributed by atoms with Gasteiger partial charge in [-0.05, 0) is 12.8 Å². The number of aliphatic carboxylic acids is 4. The SMILES string of the molecule is O=C(O)CC(C(=O)O)C1(C(CC(=O)O)C(=O)O)CC(O)C1. The van der Waals surface area contributed by atoms with Crippen molar-refractivity contribution in [2.75, 3.05) is 0 Å². The molecule has 0 aromatic heterocycles. The van der Waals surface area contributed by atoms with Crippen molar-refractivity contribution in [3.05, 3.63) is 0 Å². The van der Waals surface area contributed by atoms with Crippen molar-refractivity contribution in [3.8, 4) is 0 Å². The van der Waals surface area contributed by atoms with Crippen LogP contribution >= 0.6 is 0 Å². The third-order valence-electron chi connectivity index (χ3n) is 3.97. The van der Waals surface area contributed by atoms with Crippen LogP contribution in [0.5, 0.6) is 0 Å². The highest BCUT2D eigenvalue weighted by molar-refractivity contribution is 5.83. The Balaban J connectivity index is 3.20. The Morgan fingerprint density at radius 3 is 1.38 bits per heavy atom. The maximum absolute atomic E-state index is 11.3. The van der Waals surface area contributed by atoms with Gasteiger partial charge in [0.2, 0.25) is 0 Å². The number of carboxylic acid groups (broad SMARTS) is 4. The van der Waals surface area contributed by atoms with Crippen LogP contribution in [0.3, 0.4) is 0 Å². The molecule has 1 aliphatic rings. The Morgan fingerprint density at radius 1 is 0.857 bits per heavy atom. The van der Waals surface area contributed by atoms with Crippen molar-refractivity contribution in [1.82, 2.24) is 0 Å². The van der Waals surface area contributed by atoms with E-state index in [1.54, 1.807) is 0 Å². The van der Waals surface area contributed by atoms with E-state index < -0.39 is 60.1 Å². The normalized spacial score (nSPS) is 27.2. The standard InChI is InChI=1S/C12H16O9/c13-5-3-12(4-5,6(10(18)19)1-8(14)15)7(11(20)21)2-9(16)17/h5-7,13H,1-4H2,(H,14,15)(H,16,17)(H,18,19)(H,20,21). The van der Waals surface area contributed by atoms with E-state index in [2.05, 4.69) is 0 Å². The minimum Gasteiger partial charge on any atom is -0.481 e. The highest BCUT2D eigenvalue weighted by atomic mass is 16.4. The van der Waals surface area contributed by atoms with E-state index >= 15 is 0 Å². The van der Waals surface area contributed by atoms with Gasteiger partial charge in [0.25, 0.3) is 0 Å². The van der Waals surface area contributed by atoms with Crippen molar-refractivity contribution in [3.63, 3.8) is 0 Å². The quantitative estimate of drug-likeness (QED) is 0.395. The molecule has 118 valence electrons. The first-order valence-electron chi connectivity index (χ1n) is 6.17. The number of carboxylic acids is 4. The van der Waals surface area contributed by atoms with Crippen LogP contribution in [0.15, 0.2) is 0 Å². The Morgan fingerprint density at radius 2 is 1.19 bits per heavy atom. The number of hydrogen-bond donors (Lipinski definition) is 5. The molecule has 0 amide bonds. The highest BCUT2D eigenvalue weighted by Gasteiger charge is 2.59. The molecular weight excluding hydrogens is 288 g/mol. The average molecular weight is 304 g/mol. The van der Waals surface area contributed by atoms with Crippen LogP contribution in [0.4, 0.5) is 0 Å². The molecule has 0 radical (unpaired) electrons. The molecule has 21 heavy (non-hydrogen) atoms. The van der Waals surface area contributed by atoms with E-state index in [1.807, 2.05) is 0 Å². The molecule has 0 saturated heterocycles. The van der Waals surface area contributed by atoms with Gasteiger partial charge in [0.1, 0.15) is 0 Å². The Labute approximate surface area is 118 Å². The molecule has 1 rings (SSSR count). The van der Waals surface area contributed by atoms with Gasteiger partial charge in [-0.3, -0.25) is 19.2 Å². The predicted octanol–water partition coefficient (Wildman–Crippen LogP) is -0.522. The summed E-state index contributed by atoms with van der Waals surface area (Å²) in [5.74, 6) is -9.02. The second kappa shape index (κ2) is 6.08. The fourth-order valence-corrected chi connectivity index (χ4v) is 3.05. The highest BCUT2D eigenvalue weighted by Crippen LogP contribution is 2.55. The molecule has 0 bridgehead atoms. The van der Waals surface area contributed by atoms with Gasteiger partial charge < -0.3 is 25.5 Å². The molecule has 0 heterocycles. The van der Waals surface area contributed by atoms with Crippen molar-refractivity contribution < 1.29 is 44.7 Å². The lowest BCUT2D eigenvalue weighted by molar-refractivity contribution is -0.182. The van der Waals surface area contributed by atoms with Gasteiger partial charge in [-0.2, -0.15) is 0 Å². The molecule has 2 atom stereocenters. The van der Waals surface area contributed by atoms with E-state index in [0.717, 1.165) is 0 Å². The van der Waals surface area contributed by atoms with E-state index in [4.69, 9.17) is 10.2 Å². The molecule has 9 nitrogen and oxygen atoms in total. The van der Waals surface area contributed by atoms with Crippen LogP contribution in [-0.4, -0.2) is 55.5 Å². The third kappa shape index (κ3) is 3.48. The molecule has 0 aromatic carbocycles. The van der Waals surface area contributed by atoms with Gasteiger partial charge in [-0.25, -0.2) is 0 Å². The molecular formula is C12H16O9. The largest absolute Gasteiger partial charge is 0.481 e. The topological polar surface area (TPSA) is 169 Å². The zero-order chi connectivity index (χ0) is 16.4. The number of rotatable bonds is 8. The first-order chi connectivity index (χ1) is 9.60. The molecule has 2 unspecified atom stereocenters.